The number of nitrogens with zero attached hydrogens (tertiary/aromatic N) is 1. The molecule has 1 aromatic heterocycles. The molecule has 0 saturated carbocycles. The van der Waals surface area contributed by atoms with Gasteiger partial charge in [-0.25, -0.2) is 12.7 Å². The Morgan fingerprint density at radius 1 is 1.26 bits per heavy atom. The number of aromatic nitrogens is 1. The van der Waals surface area contributed by atoms with E-state index in [1.165, 1.54) is 4.31 Å². The van der Waals surface area contributed by atoms with Crippen LogP contribution in [0.15, 0.2) is 30.5 Å². The van der Waals surface area contributed by atoms with E-state index in [4.69, 9.17) is 0 Å². The fourth-order valence-electron chi connectivity index (χ4n) is 2.93. The molecule has 1 aromatic carbocycles. The van der Waals surface area contributed by atoms with Gasteiger partial charge in [-0.2, -0.15) is 0 Å². The minimum absolute atomic E-state index is 0.0934. The van der Waals surface area contributed by atoms with Gasteiger partial charge in [0.2, 0.25) is 15.9 Å². The quantitative estimate of drug-likeness (QED) is 0.863. The zero-order chi connectivity index (χ0) is 16.3. The van der Waals surface area contributed by atoms with Gasteiger partial charge in [0.1, 0.15) is 0 Å². The first kappa shape index (κ1) is 16.0. The molecule has 2 N–H and O–H groups in total. The standard InChI is InChI=1S/C16H21N3O3S/c20-16(11-13-12-18-15-6-2-1-5-14(13)15)17-7-9-19-8-3-4-10-23(19,21)22/h1-2,5-6,12,18H,3-4,7-11H2,(H,17,20). The number of rotatable bonds is 5. The molecule has 3 rings (SSSR count). The molecule has 6 nitrogen and oxygen atoms in total. The van der Waals surface area contributed by atoms with Crippen molar-refractivity contribution in [1.29, 1.82) is 0 Å². The van der Waals surface area contributed by atoms with Crippen LogP contribution in [0.5, 0.6) is 0 Å². The van der Waals surface area contributed by atoms with Crippen LogP contribution in [-0.2, 0) is 21.2 Å². The smallest absolute Gasteiger partial charge is 0.224 e. The normalized spacial score (nSPS) is 18.1. The summed E-state index contributed by atoms with van der Waals surface area (Å²) < 4.78 is 25.2. The molecular formula is C16H21N3O3S. The van der Waals surface area contributed by atoms with Gasteiger partial charge in [0.15, 0.2) is 0 Å². The molecule has 2 heterocycles. The molecular weight excluding hydrogens is 314 g/mol. The number of sulfonamides is 1. The molecule has 1 fully saturated rings. The van der Waals surface area contributed by atoms with Gasteiger partial charge in [-0.3, -0.25) is 4.79 Å². The van der Waals surface area contributed by atoms with Crippen molar-refractivity contribution in [3.63, 3.8) is 0 Å². The maximum absolute atomic E-state index is 12.1. The zero-order valence-corrected chi connectivity index (χ0v) is 13.7. The topological polar surface area (TPSA) is 82.3 Å². The molecule has 0 radical (unpaired) electrons. The van der Waals surface area contributed by atoms with E-state index in [2.05, 4.69) is 10.3 Å². The zero-order valence-electron chi connectivity index (χ0n) is 12.9. The van der Waals surface area contributed by atoms with Gasteiger partial charge in [0.05, 0.1) is 12.2 Å². The van der Waals surface area contributed by atoms with Gasteiger partial charge >= 0.3 is 0 Å². The lowest BCUT2D eigenvalue weighted by Gasteiger charge is -2.26. The molecule has 0 spiro atoms. The maximum Gasteiger partial charge on any atom is 0.224 e. The maximum atomic E-state index is 12.1. The van der Waals surface area contributed by atoms with Crippen molar-refractivity contribution in [2.45, 2.75) is 19.3 Å². The van der Waals surface area contributed by atoms with Crippen LogP contribution in [-0.4, -0.2) is 49.0 Å². The van der Waals surface area contributed by atoms with E-state index in [1.54, 1.807) is 0 Å². The summed E-state index contributed by atoms with van der Waals surface area (Å²) in [6.45, 7) is 1.25. The minimum Gasteiger partial charge on any atom is -0.361 e. The molecule has 1 aliphatic rings. The summed E-state index contributed by atoms with van der Waals surface area (Å²) in [6.07, 6.45) is 3.75. The van der Waals surface area contributed by atoms with E-state index >= 15 is 0 Å². The second kappa shape index (κ2) is 6.72. The van der Waals surface area contributed by atoms with Crippen molar-refractivity contribution in [3.8, 4) is 0 Å². The first-order valence-electron chi connectivity index (χ1n) is 7.86. The Labute approximate surface area is 135 Å². The van der Waals surface area contributed by atoms with Gasteiger partial charge in [-0.05, 0) is 24.5 Å². The predicted octanol–water partition coefficient (Wildman–Crippen LogP) is 1.25. The number of carbonyl (C=O) groups is 1. The molecule has 0 unspecified atom stereocenters. The lowest BCUT2D eigenvalue weighted by atomic mass is 10.1. The molecule has 1 amide bonds. The number of aromatic amines is 1. The molecule has 0 atom stereocenters. The van der Waals surface area contributed by atoms with E-state index in [-0.39, 0.29) is 18.1 Å². The summed E-state index contributed by atoms with van der Waals surface area (Å²) in [6, 6.07) is 7.84. The summed E-state index contributed by atoms with van der Waals surface area (Å²) in [5.41, 5.74) is 1.96. The van der Waals surface area contributed by atoms with Crippen molar-refractivity contribution >= 4 is 26.8 Å². The van der Waals surface area contributed by atoms with E-state index in [1.807, 2.05) is 30.5 Å². The fraction of sp³-hybridized carbons (Fsp3) is 0.438. The van der Waals surface area contributed by atoms with Gasteiger partial charge in [-0.1, -0.05) is 18.2 Å². The second-order valence-corrected chi connectivity index (χ2v) is 7.90. The number of hydrogen-bond donors (Lipinski definition) is 2. The lowest BCUT2D eigenvalue weighted by Crippen LogP contribution is -2.42. The van der Waals surface area contributed by atoms with Crippen molar-refractivity contribution in [2.75, 3.05) is 25.4 Å². The molecule has 2 aromatic rings. The third-order valence-electron chi connectivity index (χ3n) is 4.16. The number of amides is 1. The number of carbonyl (C=O) groups excluding carboxylic acids is 1. The SMILES string of the molecule is O=C(Cc1c[nH]c2ccccc12)NCCN1CCCCS1(=O)=O. The van der Waals surface area contributed by atoms with E-state index in [0.29, 0.717) is 19.6 Å². The fourth-order valence-corrected chi connectivity index (χ4v) is 4.53. The highest BCUT2D eigenvalue weighted by Gasteiger charge is 2.25. The Morgan fingerprint density at radius 2 is 2.09 bits per heavy atom. The van der Waals surface area contributed by atoms with E-state index in [9.17, 15) is 13.2 Å². The molecule has 1 aliphatic heterocycles. The third kappa shape index (κ3) is 3.73. The van der Waals surface area contributed by atoms with Crippen molar-refractivity contribution in [3.05, 3.63) is 36.0 Å². The second-order valence-electron chi connectivity index (χ2n) is 5.81. The number of nitrogens with one attached hydrogen (secondary N) is 2. The molecule has 23 heavy (non-hydrogen) atoms. The summed E-state index contributed by atoms with van der Waals surface area (Å²) in [5.74, 6) is 0.125. The van der Waals surface area contributed by atoms with Crippen LogP contribution in [0, 0.1) is 0 Å². The summed E-state index contributed by atoms with van der Waals surface area (Å²) in [4.78, 5) is 15.2. The highest BCUT2D eigenvalue weighted by Crippen LogP contribution is 2.18. The predicted molar refractivity (Wildman–Crippen MR) is 89.6 cm³/mol. The number of H-pyrrole nitrogens is 1. The number of benzene rings is 1. The highest BCUT2D eigenvalue weighted by atomic mass is 32.2. The molecule has 7 heteroatoms. The highest BCUT2D eigenvalue weighted by molar-refractivity contribution is 7.89. The Hall–Kier alpha value is -1.86. The van der Waals surface area contributed by atoms with Crippen LogP contribution < -0.4 is 5.32 Å². The molecule has 1 saturated heterocycles. The van der Waals surface area contributed by atoms with Crippen LogP contribution >= 0.6 is 0 Å². The van der Waals surface area contributed by atoms with Crippen LogP contribution in [0.2, 0.25) is 0 Å². The van der Waals surface area contributed by atoms with Crippen LogP contribution in [0.3, 0.4) is 0 Å². The monoisotopic (exact) mass is 335 g/mol. The first-order chi connectivity index (χ1) is 11.1. The third-order valence-corrected chi connectivity index (χ3v) is 6.12. The van der Waals surface area contributed by atoms with Crippen molar-refractivity contribution < 1.29 is 13.2 Å². The summed E-state index contributed by atoms with van der Waals surface area (Å²) in [5, 5.41) is 3.85. The van der Waals surface area contributed by atoms with Crippen molar-refractivity contribution in [1.82, 2.24) is 14.6 Å². The number of fused-ring (bicyclic) bond motifs is 1. The average Bonchev–Trinajstić information content (AvgIpc) is 2.92. The molecule has 0 aliphatic carbocycles. The van der Waals surface area contributed by atoms with E-state index < -0.39 is 10.0 Å². The average molecular weight is 335 g/mol. The number of para-hydroxylation sites is 1. The Morgan fingerprint density at radius 3 is 2.91 bits per heavy atom. The van der Waals surface area contributed by atoms with Gasteiger partial charge in [0.25, 0.3) is 0 Å². The number of hydrogen-bond acceptors (Lipinski definition) is 3. The largest absolute Gasteiger partial charge is 0.361 e. The molecule has 0 bridgehead atoms. The minimum atomic E-state index is -3.12. The van der Waals surface area contributed by atoms with Crippen LogP contribution in [0.25, 0.3) is 10.9 Å². The van der Waals surface area contributed by atoms with Crippen molar-refractivity contribution in [2.24, 2.45) is 0 Å². The van der Waals surface area contributed by atoms with Crippen LogP contribution in [0.1, 0.15) is 18.4 Å². The summed E-state index contributed by atoms with van der Waals surface area (Å²) in [7, 11) is -3.12. The van der Waals surface area contributed by atoms with Gasteiger partial charge in [0, 0.05) is 36.7 Å². The first-order valence-corrected chi connectivity index (χ1v) is 9.47. The Bertz CT molecular complexity index is 798. The van der Waals surface area contributed by atoms with Gasteiger partial charge in [-0.15, -0.1) is 0 Å². The Kier molecular flexibility index (Phi) is 4.68. The molecule has 124 valence electrons. The van der Waals surface area contributed by atoms with Gasteiger partial charge < -0.3 is 10.3 Å². The summed E-state index contributed by atoms with van der Waals surface area (Å²) >= 11 is 0. The van der Waals surface area contributed by atoms with E-state index in [0.717, 1.165) is 29.3 Å². The van der Waals surface area contributed by atoms with Crippen LogP contribution in [0.4, 0.5) is 0 Å². The lowest BCUT2D eigenvalue weighted by molar-refractivity contribution is -0.120. The Balaban J connectivity index is 1.52.